The number of hydrogen-bond donors (Lipinski definition) is 1. The topological polar surface area (TPSA) is 107 Å². The van der Waals surface area contributed by atoms with E-state index in [1.54, 1.807) is 0 Å². The summed E-state index contributed by atoms with van der Waals surface area (Å²) < 4.78 is 120. The fraction of sp³-hybridized carbons (Fsp3) is 0.263. The number of benzene rings is 2. The molecule has 0 aromatic heterocycles. The van der Waals surface area contributed by atoms with Crippen LogP contribution in [0, 0.1) is 0 Å². The second-order valence-corrected chi connectivity index (χ2v) is 8.22. The molecule has 33 heavy (non-hydrogen) atoms. The third kappa shape index (κ3) is 5.45. The highest BCUT2D eigenvalue weighted by Gasteiger charge is 2.76. The lowest BCUT2D eigenvalue weighted by Crippen LogP contribution is -2.63. The van der Waals surface area contributed by atoms with E-state index < -0.39 is 57.1 Å². The minimum atomic E-state index is -6.51. The monoisotopic (exact) mass is 500 g/mol. The van der Waals surface area contributed by atoms with E-state index in [0.717, 1.165) is 12.1 Å². The molecule has 2 aromatic carbocycles. The first-order chi connectivity index (χ1) is 14.9. The average molecular weight is 500 g/mol. The van der Waals surface area contributed by atoms with Gasteiger partial charge < -0.3 is 9.47 Å². The molecular formula is C19H14F6O7S. The van der Waals surface area contributed by atoms with Crippen molar-refractivity contribution >= 4 is 32.8 Å². The first-order valence-electron chi connectivity index (χ1n) is 8.61. The molecule has 0 saturated carbocycles. The number of halogens is 6. The maximum Gasteiger partial charge on any atom is 0.438 e. The third-order valence-corrected chi connectivity index (χ3v) is 4.98. The Morgan fingerprint density at radius 3 is 2.03 bits per heavy atom. The summed E-state index contributed by atoms with van der Waals surface area (Å²) in [6, 6.07) is 7.44. The quantitative estimate of drug-likeness (QED) is 0.208. The molecule has 0 aliphatic carbocycles. The van der Waals surface area contributed by atoms with Gasteiger partial charge in [-0.15, -0.1) is 0 Å². The van der Waals surface area contributed by atoms with Gasteiger partial charge in [-0.1, -0.05) is 36.9 Å². The van der Waals surface area contributed by atoms with E-state index in [2.05, 4.69) is 11.3 Å². The van der Waals surface area contributed by atoms with Crippen molar-refractivity contribution in [2.75, 3.05) is 5.75 Å². The van der Waals surface area contributed by atoms with Gasteiger partial charge in [-0.3, -0.25) is 4.55 Å². The third-order valence-electron chi connectivity index (χ3n) is 4.21. The minimum absolute atomic E-state index is 0.0547. The van der Waals surface area contributed by atoms with Crippen LogP contribution in [0.5, 0.6) is 5.75 Å². The molecule has 0 heterocycles. The number of rotatable bonds is 6. The molecule has 7 nitrogen and oxygen atoms in total. The summed E-state index contributed by atoms with van der Waals surface area (Å²) in [6.45, 7) is 4.48. The molecule has 2 rings (SSSR count). The molecule has 180 valence electrons. The largest absolute Gasteiger partial charge is 0.438 e. The summed E-state index contributed by atoms with van der Waals surface area (Å²) in [6.07, 6.45) is -13.0. The zero-order valence-electron chi connectivity index (χ0n) is 16.5. The molecule has 0 amide bonds. The zero-order valence-corrected chi connectivity index (χ0v) is 17.3. The van der Waals surface area contributed by atoms with Crippen molar-refractivity contribution in [3.05, 3.63) is 54.1 Å². The first-order valence-corrected chi connectivity index (χ1v) is 10.2. The van der Waals surface area contributed by atoms with Gasteiger partial charge in [0, 0.05) is 11.0 Å². The van der Waals surface area contributed by atoms with Gasteiger partial charge in [0.05, 0.1) is 0 Å². The van der Waals surface area contributed by atoms with Gasteiger partial charge in [0.15, 0.2) is 5.75 Å². The summed E-state index contributed by atoms with van der Waals surface area (Å²) in [5.74, 6) is -7.26. The number of fused-ring (bicyclic) bond motifs is 1. The van der Waals surface area contributed by atoms with Crippen molar-refractivity contribution in [2.24, 2.45) is 0 Å². The van der Waals surface area contributed by atoms with E-state index in [1.807, 2.05) is 0 Å². The van der Waals surface area contributed by atoms with Crippen LogP contribution in [-0.4, -0.2) is 48.6 Å². The number of carbonyl (C=O) groups is 2. The minimum Gasteiger partial charge on any atom is -0.434 e. The van der Waals surface area contributed by atoms with E-state index in [9.17, 15) is 44.3 Å². The molecule has 0 saturated heterocycles. The van der Waals surface area contributed by atoms with Gasteiger partial charge >= 0.3 is 29.9 Å². The number of carbonyl (C=O) groups excluding carboxylic acids is 2. The molecule has 0 aliphatic rings. The van der Waals surface area contributed by atoms with Crippen molar-refractivity contribution in [3.63, 3.8) is 0 Å². The second kappa shape index (κ2) is 8.67. The second-order valence-electron chi connectivity index (χ2n) is 6.77. The Kier molecular flexibility index (Phi) is 6.86. The van der Waals surface area contributed by atoms with Crippen LogP contribution in [0.15, 0.2) is 48.6 Å². The summed E-state index contributed by atoms with van der Waals surface area (Å²) in [5, 5.41) is 0.232. The Bertz CT molecular complexity index is 1200. The Labute approximate surface area is 182 Å². The van der Waals surface area contributed by atoms with Gasteiger partial charge in [-0.05, 0) is 18.4 Å². The van der Waals surface area contributed by atoms with Crippen LogP contribution in [0.2, 0.25) is 0 Å². The molecule has 0 atom stereocenters. The number of alkyl halides is 6. The predicted molar refractivity (Wildman–Crippen MR) is 101 cm³/mol. The number of hydrogen-bond acceptors (Lipinski definition) is 6. The fourth-order valence-corrected chi connectivity index (χ4v) is 3.53. The Morgan fingerprint density at radius 1 is 1.00 bits per heavy atom. The van der Waals surface area contributed by atoms with Gasteiger partial charge in [0.1, 0.15) is 11.3 Å². The van der Waals surface area contributed by atoms with Crippen LogP contribution in [0.3, 0.4) is 0 Å². The molecule has 0 bridgehead atoms. The van der Waals surface area contributed by atoms with Gasteiger partial charge in [-0.25, -0.2) is 9.59 Å². The van der Waals surface area contributed by atoms with E-state index >= 15 is 0 Å². The summed E-state index contributed by atoms with van der Waals surface area (Å²) in [7, 11) is -5.97. The maximum absolute atomic E-state index is 13.5. The fourth-order valence-electron chi connectivity index (χ4n) is 2.63. The Hall–Kier alpha value is -3.13. The van der Waals surface area contributed by atoms with Crippen molar-refractivity contribution in [2.45, 2.75) is 24.9 Å². The smallest absolute Gasteiger partial charge is 0.434 e. The summed E-state index contributed by atoms with van der Waals surface area (Å²) in [4.78, 5) is 24.5. The standard InChI is InChI=1S/C19H14F6O7S/c1-10(2)15(26)31-14-12-6-4-3-5-11(12)7-8-13(14)16(27)32-17(18(20,21)22,19(23,24)25)9-33(28,29)30/h3-8H,1,9H2,2H3,(H,28,29,30). The molecule has 14 heteroatoms. The van der Waals surface area contributed by atoms with E-state index in [4.69, 9.17) is 9.29 Å². The lowest BCUT2D eigenvalue weighted by molar-refractivity contribution is -0.356. The number of esters is 2. The van der Waals surface area contributed by atoms with Crippen molar-refractivity contribution in [1.82, 2.24) is 0 Å². The highest BCUT2D eigenvalue weighted by atomic mass is 32.2. The maximum atomic E-state index is 13.5. The Morgan fingerprint density at radius 2 is 1.55 bits per heavy atom. The van der Waals surface area contributed by atoms with Crippen molar-refractivity contribution < 1.29 is 58.4 Å². The summed E-state index contributed by atoms with van der Waals surface area (Å²) >= 11 is 0. The molecule has 0 fully saturated rings. The molecule has 0 aliphatic heterocycles. The molecular weight excluding hydrogens is 486 g/mol. The van der Waals surface area contributed by atoms with Crippen LogP contribution < -0.4 is 4.74 Å². The molecule has 0 unspecified atom stereocenters. The number of ether oxygens (including phenoxy) is 2. The molecule has 1 N–H and O–H groups in total. The SMILES string of the molecule is C=C(C)C(=O)Oc1c(C(=O)OC(CS(=O)(=O)O)(C(F)(F)F)C(F)(F)F)ccc2ccccc12. The van der Waals surface area contributed by atoms with Crippen molar-refractivity contribution in [3.8, 4) is 5.75 Å². The predicted octanol–water partition coefficient (Wildman–Crippen LogP) is 4.23. The van der Waals surface area contributed by atoms with Crippen LogP contribution in [-0.2, 0) is 19.6 Å². The molecule has 2 aromatic rings. The lowest BCUT2D eigenvalue weighted by Gasteiger charge is -2.35. The van der Waals surface area contributed by atoms with E-state index in [1.165, 1.54) is 31.2 Å². The first kappa shape index (κ1) is 26.1. The average Bonchev–Trinajstić information content (AvgIpc) is 2.64. The van der Waals surface area contributed by atoms with Crippen LogP contribution >= 0.6 is 0 Å². The lowest BCUT2D eigenvalue weighted by atomic mass is 10.0. The van der Waals surface area contributed by atoms with Crippen LogP contribution in [0.1, 0.15) is 17.3 Å². The van der Waals surface area contributed by atoms with Gasteiger partial charge in [0.25, 0.3) is 10.1 Å². The van der Waals surface area contributed by atoms with Crippen LogP contribution in [0.4, 0.5) is 26.3 Å². The molecule has 0 spiro atoms. The summed E-state index contributed by atoms with van der Waals surface area (Å²) in [5.41, 5.74) is -6.88. The van der Waals surface area contributed by atoms with Gasteiger partial charge in [0.2, 0.25) is 0 Å². The molecule has 0 radical (unpaired) electrons. The van der Waals surface area contributed by atoms with Crippen LogP contribution in [0.25, 0.3) is 10.8 Å². The highest BCUT2D eigenvalue weighted by molar-refractivity contribution is 7.85. The Balaban J connectivity index is 2.73. The highest BCUT2D eigenvalue weighted by Crippen LogP contribution is 2.47. The van der Waals surface area contributed by atoms with E-state index in [0.29, 0.717) is 0 Å². The normalized spacial score (nSPS) is 13.0. The van der Waals surface area contributed by atoms with Crippen molar-refractivity contribution in [1.29, 1.82) is 0 Å². The van der Waals surface area contributed by atoms with Gasteiger partial charge in [-0.2, -0.15) is 34.8 Å². The zero-order chi connectivity index (χ0) is 25.4. The van der Waals surface area contributed by atoms with E-state index in [-0.39, 0.29) is 16.3 Å².